The number of halogens is 1. The van der Waals surface area contributed by atoms with Gasteiger partial charge in [0.2, 0.25) is 0 Å². The van der Waals surface area contributed by atoms with Crippen molar-refractivity contribution in [2.45, 2.75) is 30.5 Å². The van der Waals surface area contributed by atoms with Gasteiger partial charge in [-0.05, 0) is 59.4 Å². The highest BCUT2D eigenvalue weighted by Crippen LogP contribution is 2.40. The molecule has 6 nitrogen and oxygen atoms in total. The number of allylic oxidation sites excluding steroid dienone is 1. The van der Waals surface area contributed by atoms with Crippen molar-refractivity contribution in [3.05, 3.63) is 75.3 Å². The maximum Gasteiger partial charge on any atom is 0.456 e. The van der Waals surface area contributed by atoms with Crippen LogP contribution in [0.3, 0.4) is 0 Å². The second-order valence-electron chi connectivity index (χ2n) is 8.38. The number of sulfone groups is 1. The molecule has 0 saturated carbocycles. The summed E-state index contributed by atoms with van der Waals surface area (Å²) in [7, 11) is -2.96. The van der Waals surface area contributed by atoms with Crippen LogP contribution in [0.1, 0.15) is 24.0 Å². The van der Waals surface area contributed by atoms with Gasteiger partial charge in [-0.15, -0.1) is 0 Å². The first-order valence-corrected chi connectivity index (χ1v) is 13.3. The van der Waals surface area contributed by atoms with Crippen LogP contribution in [-0.2, 0) is 19.2 Å². The SMILES string of the molecule is COCC1=C2[C@@H](CC/C(=C/c3cc(Br)ccc3O)c3ccccc3)OB(O)C[C@@H]2S(=O)(=O)C1. The number of aromatic hydroxyl groups is 1. The molecule has 2 atom stereocenters. The number of hydrogen-bond acceptors (Lipinski definition) is 6. The van der Waals surface area contributed by atoms with Gasteiger partial charge < -0.3 is 19.5 Å². The lowest BCUT2D eigenvalue weighted by Gasteiger charge is -2.32. The van der Waals surface area contributed by atoms with E-state index in [2.05, 4.69) is 15.9 Å². The van der Waals surface area contributed by atoms with Crippen LogP contribution < -0.4 is 0 Å². The van der Waals surface area contributed by atoms with Gasteiger partial charge in [-0.25, -0.2) is 8.42 Å². The number of benzene rings is 2. The van der Waals surface area contributed by atoms with E-state index in [1.807, 2.05) is 42.5 Å². The predicted molar refractivity (Wildman–Crippen MR) is 133 cm³/mol. The lowest BCUT2D eigenvalue weighted by atomic mass is 9.74. The van der Waals surface area contributed by atoms with Gasteiger partial charge in [0.25, 0.3) is 0 Å². The van der Waals surface area contributed by atoms with E-state index in [4.69, 9.17) is 9.39 Å². The van der Waals surface area contributed by atoms with E-state index in [1.54, 1.807) is 19.2 Å². The minimum absolute atomic E-state index is 0.0503. The normalized spacial score (nSPS) is 22.5. The van der Waals surface area contributed by atoms with Gasteiger partial charge in [-0.1, -0.05) is 46.3 Å². The molecule has 0 unspecified atom stereocenters. The minimum Gasteiger partial charge on any atom is -0.507 e. The average Bonchev–Trinajstić information content (AvgIpc) is 3.03. The molecule has 0 spiro atoms. The number of hydrogen-bond donors (Lipinski definition) is 2. The predicted octanol–water partition coefficient (Wildman–Crippen LogP) is 4.09. The molecule has 33 heavy (non-hydrogen) atoms. The first-order chi connectivity index (χ1) is 15.8. The van der Waals surface area contributed by atoms with E-state index in [0.717, 1.165) is 26.8 Å². The van der Waals surface area contributed by atoms with Gasteiger partial charge in [0.15, 0.2) is 9.84 Å². The Morgan fingerprint density at radius 3 is 2.76 bits per heavy atom. The molecule has 2 heterocycles. The van der Waals surface area contributed by atoms with E-state index >= 15 is 0 Å². The van der Waals surface area contributed by atoms with Crippen LogP contribution in [0, 0.1) is 0 Å². The van der Waals surface area contributed by atoms with Gasteiger partial charge in [0, 0.05) is 23.5 Å². The highest BCUT2D eigenvalue weighted by atomic mass is 79.9. The number of methoxy groups -OCH3 is 1. The molecule has 2 aliphatic heterocycles. The summed E-state index contributed by atoms with van der Waals surface area (Å²) in [6.45, 7) is 0.230. The number of phenolic OH excluding ortho intramolecular Hbond substituents is 1. The molecule has 4 rings (SSSR count). The second kappa shape index (κ2) is 10.2. The van der Waals surface area contributed by atoms with Crippen molar-refractivity contribution in [2.24, 2.45) is 0 Å². The Labute approximate surface area is 203 Å². The first kappa shape index (κ1) is 24.2. The summed E-state index contributed by atoms with van der Waals surface area (Å²) >= 11 is 3.45. The van der Waals surface area contributed by atoms with E-state index in [9.17, 15) is 18.5 Å². The zero-order valence-electron chi connectivity index (χ0n) is 18.3. The van der Waals surface area contributed by atoms with Crippen molar-refractivity contribution in [2.75, 3.05) is 19.5 Å². The van der Waals surface area contributed by atoms with E-state index < -0.39 is 28.3 Å². The molecular formula is C24H26BBrO6S. The highest BCUT2D eigenvalue weighted by molar-refractivity contribution is 9.10. The summed E-state index contributed by atoms with van der Waals surface area (Å²) in [5.74, 6) is 0.115. The molecule has 2 N–H and O–H groups in total. The van der Waals surface area contributed by atoms with Crippen molar-refractivity contribution in [1.82, 2.24) is 0 Å². The van der Waals surface area contributed by atoms with Crippen LogP contribution >= 0.6 is 15.9 Å². The van der Waals surface area contributed by atoms with Crippen molar-refractivity contribution < 1.29 is 27.9 Å². The molecule has 0 aliphatic carbocycles. The Balaban J connectivity index is 1.66. The fourth-order valence-corrected chi connectivity index (χ4v) is 7.13. The minimum atomic E-state index is -3.38. The van der Waals surface area contributed by atoms with Crippen molar-refractivity contribution in [1.29, 1.82) is 0 Å². The molecule has 0 aromatic heterocycles. The van der Waals surface area contributed by atoms with Crippen LogP contribution in [0.25, 0.3) is 11.6 Å². The zero-order valence-corrected chi connectivity index (χ0v) is 20.7. The van der Waals surface area contributed by atoms with Crippen LogP contribution in [0.2, 0.25) is 6.32 Å². The quantitative estimate of drug-likeness (QED) is 0.317. The van der Waals surface area contributed by atoms with Gasteiger partial charge in [0.1, 0.15) is 5.75 Å². The Bertz CT molecular complexity index is 1180. The van der Waals surface area contributed by atoms with Crippen LogP contribution in [-0.4, -0.2) is 56.5 Å². The highest BCUT2D eigenvalue weighted by Gasteiger charge is 2.48. The number of phenols is 1. The van der Waals surface area contributed by atoms with E-state index in [1.165, 1.54) is 0 Å². The van der Waals surface area contributed by atoms with Crippen molar-refractivity contribution >= 4 is 44.5 Å². The molecule has 0 bridgehead atoms. The Hall–Kier alpha value is -1.91. The fourth-order valence-electron chi connectivity index (χ4n) is 4.65. The lowest BCUT2D eigenvalue weighted by Crippen LogP contribution is -2.42. The smallest absolute Gasteiger partial charge is 0.456 e. The molecule has 9 heteroatoms. The zero-order chi connectivity index (χ0) is 23.6. The molecular weight excluding hydrogens is 507 g/mol. The fraction of sp³-hybridized carbons (Fsp3) is 0.333. The maximum absolute atomic E-state index is 12.7. The number of rotatable bonds is 7. The van der Waals surface area contributed by atoms with E-state index in [-0.39, 0.29) is 24.4 Å². The maximum atomic E-state index is 12.7. The molecule has 1 saturated heterocycles. The summed E-state index contributed by atoms with van der Waals surface area (Å²) in [5, 5.41) is 19.9. The first-order valence-electron chi connectivity index (χ1n) is 10.8. The van der Waals surface area contributed by atoms with E-state index in [0.29, 0.717) is 18.4 Å². The molecule has 0 amide bonds. The molecule has 174 valence electrons. The van der Waals surface area contributed by atoms with Gasteiger partial charge >= 0.3 is 7.12 Å². The van der Waals surface area contributed by atoms with Crippen LogP contribution in [0.15, 0.2) is 64.1 Å². The van der Waals surface area contributed by atoms with Gasteiger partial charge in [-0.3, -0.25) is 0 Å². The van der Waals surface area contributed by atoms with Crippen LogP contribution in [0.5, 0.6) is 5.75 Å². The third kappa shape index (κ3) is 5.44. The average molecular weight is 533 g/mol. The Kier molecular flexibility index (Phi) is 7.45. The molecule has 1 fully saturated rings. The third-order valence-electron chi connectivity index (χ3n) is 6.11. The van der Waals surface area contributed by atoms with Gasteiger partial charge in [-0.2, -0.15) is 0 Å². The summed E-state index contributed by atoms with van der Waals surface area (Å²) in [5.41, 5.74) is 4.11. The second-order valence-corrected chi connectivity index (χ2v) is 11.5. The Morgan fingerprint density at radius 2 is 2.03 bits per heavy atom. The lowest BCUT2D eigenvalue weighted by molar-refractivity contribution is 0.167. The number of ether oxygens (including phenoxy) is 1. The van der Waals surface area contributed by atoms with Crippen molar-refractivity contribution in [3.63, 3.8) is 0 Å². The molecule has 0 radical (unpaired) electrons. The standard InChI is InChI=1S/C24H26BBrO6S/c1-31-14-19-15-33(29,30)23-13-25(28)32-22(24(19)23)10-7-17(16-5-3-2-4-6-16)11-18-12-20(26)8-9-21(18)27/h2-6,8-9,11-12,22-23,27-28H,7,10,13-15H2,1H3/b17-11-/t22-,23+/m1/s1. The molecule has 2 aliphatic rings. The van der Waals surface area contributed by atoms with Gasteiger partial charge in [0.05, 0.1) is 23.7 Å². The monoisotopic (exact) mass is 532 g/mol. The summed E-state index contributed by atoms with van der Waals surface area (Å²) in [4.78, 5) is 0. The topological polar surface area (TPSA) is 93.1 Å². The molecule has 2 aromatic rings. The third-order valence-corrected chi connectivity index (χ3v) is 8.66. The summed E-state index contributed by atoms with van der Waals surface area (Å²) < 4.78 is 37.4. The van der Waals surface area contributed by atoms with Crippen LogP contribution in [0.4, 0.5) is 0 Å². The summed E-state index contributed by atoms with van der Waals surface area (Å²) in [6.07, 6.45) is 2.51. The Morgan fingerprint density at radius 1 is 1.27 bits per heavy atom. The largest absolute Gasteiger partial charge is 0.507 e. The summed E-state index contributed by atoms with van der Waals surface area (Å²) in [6, 6.07) is 15.1. The number of fused-ring (bicyclic) bond motifs is 1. The van der Waals surface area contributed by atoms with Crippen molar-refractivity contribution in [3.8, 4) is 5.75 Å². The molecule has 2 aromatic carbocycles.